The first-order valence-electron chi connectivity index (χ1n) is 9.02. The second-order valence-electron chi connectivity index (χ2n) is 6.70. The topological polar surface area (TPSA) is 34.5 Å². The number of carbonyl (C=O) groups excluding carboxylic acids is 1. The van der Waals surface area contributed by atoms with Gasteiger partial charge in [0.1, 0.15) is 16.7 Å². The lowest BCUT2D eigenvalue weighted by Crippen LogP contribution is -2.22. The molecule has 6 heteroatoms. The van der Waals surface area contributed by atoms with E-state index < -0.39 is 0 Å². The number of benzene rings is 2. The standard InChI is InChI=1S/C22H20N2O2S2/c1-15-6-5-7-17(12-15)26-11-10-24-14-16(18-8-3-4-9-19(18)24)13-20-21(25)23(2)22(27)28-20/h3-9,12-14H,10-11H2,1-2H3/b20-13+. The number of nitrogens with zero attached hydrogens (tertiary/aromatic N) is 2. The lowest BCUT2D eigenvalue weighted by Gasteiger charge is -2.08. The minimum atomic E-state index is -0.0467. The highest BCUT2D eigenvalue weighted by molar-refractivity contribution is 8.26. The zero-order chi connectivity index (χ0) is 19.7. The van der Waals surface area contributed by atoms with Crippen LogP contribution in [0.4, 0.5) is 0 Å². The number of thiocarbonyl (C=S) groups is 1. The van der Waals surface area contributed by atoms with Crippen molar-refractivity contribution in [2.45, 2.75) is 13.5 Å². The molecule has 0 saturated carbocycles. The third-order valence-electron chi connectivity index (χ3n) is 4.68. The van der Waals surface area contributed by atoms with Crippen LogP contribution in [0, 0.1) is 6.92 Å². The van der Waals surface area contributed by atoms with Crippen molar-refractivity contribution >= 4 is 51.2 Å². The molecule has 0 radical (unpaired) electrons. The number of rotatable bonds is 5. The molecule has 0 aliphatic carbocycles. The summed E-state index contributed by atoms with van der Waals surface area (Å²) in [4.78, 5) is 14.5. The largest absolute Gasteiger partial charge is 0.492 e. The molecule has 1 saturated heterocycles. The summed E-state index contributed by atoms with van der Waals surface area (Å²) in [6.07, 6.45) is 4.01. The van der Waals surface area contributed by atoms with E-state index in [0.717, 1.165) is 28.8 Å². The van der Waals surface area contributed by atoms with Crippen molar-refractivity contribution in [2.75, 3.05) is 13.7 Å². The van der Waals surface area contributed by atoms with Gasteiger partial charge in [-0.25, -0.2) is 0 Å². The average molecular weight is 409 g/mol. The number of hydrogen-bond acceptors (Lipinski definition) is 4. The van der Waals surface area contributed by atoms with E-state index >= 15 is 0 Å². The molecule has 1 aliphatic rings. The SMILES string of the molecule is Cc1cccc(OCCn2cc(/C=C3/SC(=S)N(C)C3=O)c3ccccc32)c1. The molecule has 1 aliphatic heterocycles. The monoisotopic (exact) mass is 408 g/mol. The van der Waals surface area contributed by atoms with Crippen molar-refractivity contribution in [3.8, 4) is 5.75 Å². The predicted molar refractivity (Wildman–Crippen MR) is 120 cm³/mol. The summed E-state index contributed by atoms with van der Waals surface area (Å²) in [5, 5.41) is 1.11. The van der Waals surface area contributed by atoms with Crippen LogP contribution in [-0.4, -0.2) is 33.3 Å². The lowest BCUT2D eigenvalue weighted by atomic mass is 10.1. The minimum absolute atomic E-state index is 0.0467. The summed E-state index contributed by atoms with van der Waals surface area (Å²) in [5.41, 5.74) is 3.31. The molecule has 0 bridgehead atoms. The summed E-state index contributed by atoms with van der Waals surface area (Å²) in [5.74, 6) is 0.831. The van der Waals surface area contributed by atoms with Crippen LogP contribution in [-0.2, 0) is 11.3 Å². The minimum Gasteiger partial charge on any atom is -0.492 e. The van der Waals surface area contributed by atoms with E-state index in [2.05, 4.69) is 35.9 Å². The van der Waals surface area contributed by atoms with Crippen LogP contribution in [0.1, 0.15) is 11.1 Å². The van der Waals surface area contributed by atoms with Crippen LogP contribution in [0.15, 0.2) is 59.6 Å². The molecule has 2 heterocycles. The summed E-state index contributed by atoms with van der Waals surface area (Å²) in [7, 11) is 1.71. The number of fused-ring (bicyclic) bond motifs is 1. The molecule has 2 aromatic carbocycles. The molecular formula is C22H20N2O2S2. The van der Waals surface area contributed by atoms with Crippen LogP contribution >= 0.6 is 24.0 Å². The molecule has 3 aromatic rings. The third kappa shape index (κ3) is 3.70. The lowest BCUT2D eigenvalue weighted by molar-refractivity contribution is -0.121. The van der Waals surface area contributed by atoms with Crippen molar-refractivity contribution in [1.29, 1.82) is 0 Å². The van der Waals surface area contributed by atoms with Gasteiger partial charge in [-0.2, -0.15) is 0 Å². The van der Waals surface area contributed by atoms with Crippen molar-refractivity contribution in [3.05, 3.63) is 70.8 Å². The Morgan fingerprint density at radius 3 is 2.75 bits per heavy atom. The molecule has 4 nitrogen and oxygen atoms in total. The Morgan fingerprint density at radius 1 is 1.18 bits per heavy atom. The van der Waals surface area contributed by atoms with Gasteiger partial charge in [0.15, 0.2) is 0 Å². The van der Waals surface area contributed by atoms with E-state index in [-0.39, 0.29) is 5.91 Å². The number of ether oxygens (including phenoxy) is 1. The van der Waals surface area contributed by atoms with Crippen LogP contribution in [0.3, 0.4) is 0 Å². The van der Waals surface area contributed by atoms with Gasteiger partial charge < -0.3 is 9.30 Å². The first-order valence-corrected chi connectivity index (χ1v) is 10.2. The number of para-hydroxylation sites is 1. The van der Waals surface area contributed by atoms with Gasteiger partial charge in [0, 0.05) is 29.7 Å². The molecule has 0 unspecified atom stereocenters. The first-order chi connectivity index (χ1) is 13.5. The third-order valence-corrected chi connectivity index (χ3v) is 6.17. The summed E-state index contributed by atoms with van der Waals surface area (Å²) < 4.78 is 8.67. The summed E-state index contributed by atoms with van der Waals surface area (Å²) in [6, 6.07) is 16.3. The number of hydrogen-bond donors (Lipinski definition) is 0. The van der Waals surface area contributed by atoms with Crippen LogP contribution in [0.2, 0.25) is 0 Å². The second kappa shape index (κ2) is 7.81. The van der Waals surface area contributed by atoms with Gasteiger partial charge >= 0.3 is 0 Å². The van der Waals surface area contributed by atoms with Crippen molar-refractivity contribution in [3.63, 3.8) is 0 Å². The van der Waals surface area contributed by atoms with Crippen molar-refractivity contribution in [2.24, 2.45) is 0 Å². The average Bonchev–Trinajstić information content (AvgIpc) is 3.15. The van der Waals surface area contributed by atoms with E-state index in [1.54, 1.807) is 7.05 Å². The highest BCUT2D eigenvalue weighted by Crippen LogP contribution is 2.33. The van der Waals surface area contributed by atoms with Gasteiger partial charge in [0.25, 0.3) is 5.91 Å². The Kier molecular flexibility index (Phi) is 5.24. The van der Waals surface area contributed by atoms with Crippen molar-refractivity contribution in [1.82, 2.24) is 9.47 Å². The van der Waals surface area contributed by atoms with Crippen LogP contribution < -0.4 is 4.74 Å². The molecule has 4 rings (SSSR count). The van der Waals surface area contributed by atoms with E-state index in [1.807, 2.05) is 36.4 Å². The Bertz CT molecular complexity index is 1100. The molecule has 1 aromatic heterocycles. The van der Waals surface area contributed by atoms with E-state index in [4.69, 9.17) is 17.0 Å². The first kappa shape index (κ1) is 18.8. The zero-order valence-corrected chi connectivity index (χ0v) is 17.3. The zero-order valence-electron chi connectivity index (χ0n) is 15.7. The maximum atomic E-state index is 12.3. The molecule has 28 heavy (non-hydrogen) atoms. The molecule has 0 spiro atoms. The maximum Gasteiger partial charge on any atom is 0.265 e. The number of aryl methyl sites for hydroxylation is 1. The summed E-state index contributed by atoms with van der Waals surface area (Å²) in [6.45, 7) is 3.34. The number of likely N-dealkylation sites (N-methyl/N-ethyl adjacent to an activating group) is 1. The van der Waals surface area contributed by atoms with Gasteiger partial charge in [-0.1, -0.05) is 54.3 Å². The molecule has 0 N–H and O–H groups in total. The molecule has 1 amide bonds. The molecule has 1 fully saturated rings. The highest BCUT2D eigenvalue weighted by atomic mass is 32.2. The van der Waals surface area contributed by atoms with E-state index in [0.29, 0.717) is 15.8 Å². The normalized spacial score (nSPS) is 15.8. The van der Waals surface area contributed by atoms with E-state index in [1.165, 1.54) is 22.2 Å². The number of amides is 1. The molecule has 0 atom stereocenters. The Hall–Kier alpha value is -2.57. The smallest absolute Gasteiger partial charge is 0.265 e. The molecular weight excluding hydrogens is 388 g/mol. The van der Waals surface area contributed by atoms with Crippen LogP contribution in [0.5, 0.6) is 5.75 Å². The fourth-order valence-corrected chi connectivity index (χ4v) is 4.40. The van der Waals surface area contributed by atoms with Gasteiger partial charge in [-0.05, 0) is 36.8 Å². The second-order valence-corrected chi connectivity index (χ2v) is 8.38. The van der Waals surface area contributed by atoms with Gasteiger partial charge in [0.05, 0.1) is 11.4 Å². The van der Waals surface area contributed by atoms with Gasteiger partial charge in [-0.15, -0.1) is 0 Å². The van der Waals surface area contributed by atoms with E-state index in [9.17, 15) is 4.79 Å². The Morgan fingerprint density at radius 2 is 2.00 bits per heavy atom. The number of carbonyl (C=O) groups is 1. The van der Waals surface area contributed by atoms with Crippen molar-refractivity contribution < 1.29 is 9.53 Å². The molecule has 142 valence electrons. The highest BCUT2D eigenvalue weighted by Gasteiger charge is 2.29. The number of aromatic nitrogens is 1. The van der Waals surface area contributed by atoms with Gasteiger partial charge in [0.2, 0.25) is 0 Å². The fourth-order valence-electron chi connectivity index (χ4n) is 3.23. The van der Waals surface area contributed by atoms with Gasteiger partial charge in [-0.3, -0.25) is 9.69 Å². The maximum absolute atomic E-state index is 12.3. The Labute approximate surface area is 173 Å². The van der Waals surface area contributed by atoms with Crippen LogP contribution in [0.25, 0.3) is 17.0 Å². The number of thioether (sulfide) groups is 1. The predicted octanol–water partition coefficient (Wildman–Crippen LogP) is 4.86. The Balaban J connectivity index is 1.58. The fraction of sp³-hybridized carbons (Fsp3) is 0.182. The quantitative estimate of drug-likeness (QED) is 0.446. The summed E-state index contributed by atoms with van der Waals surface area (Å²) >= 11 is 6.58.